The maximum Gasteiger partial charge on any atom is 0.252 e. The fourth-order valence-corrected chi connectivity index (χ4v) is 4.77. The van der Waals surface area contributed by atoms with Crippen LogP contribution in [0.1, 0.15) is 59.6 Å². The Kier molecular flexibility index (Phi) is 8.08. The van der Waals surface area contributed by atoms with E-state index in [-0.39, 0.29) is 11.8 Å². The first-order valence-corrected chi connectivity index (χ1v) is 12.1. The van der Waals surface area contributed by atoms with E-state index in [4.69, 9.17) is 4.74 Å². The van der Waals surface area contributed by atoms with Crippen LogP contribution in [0.2, 0.25) is 0 Å². The minimum absolute atomic E-state index is 0.266. The number of carbonyl (C=O) groups is 3. The van der Waals surface area contributed by atoms with Gasteiger partial charge in [0.1, 0.15) is 17.9 Å². The van der Waals surface area contributed by atoms with Gasteiger partial charge in [-0.15, -0.1) is 0 Å². The molecule has 0 bridgehead atoms. The van der Waals surface area contributed by atoms with E-state index in [2.05, 4.69) is 15.5 Å². The third-order valence-electron chi connectivity index (χ3n) is 6.80. The zero-order chi connectivity index (χ0) is 23.8. The molecule has 2 aromatic rings. The average Bonchev–Trinajstić information content (AvgIpc) is 2.89. The van der Waals surface area contributed by atoms with E-state index >= 15 is 0 Å². The summed E-state index contributed by atoms with van der Waals surface area (Å²) in [6.45, 7) is 4.14. The Morgan fingerprint density at radius 2 is 1.65 bits per heavy atom. The second-order valence-electron chi connectivity index (χ2n) is 9.18. The van der Waals surface area contributed by atoms with Crippen molar-refractivity contribution in [3.63, 3.8) is 0 Å². The van der Waals surface area contributed by atoms with Crippen LogP contribution in [-0.4, -0.2) is 54.8 Å². The van der Waals surface area contributed by atoms with Crippen LogP contribution in [0.5, 0.6) is 0 Å². The van der Waals surface area contributed by atoms with Crippen LogP contribution in [0.15, 0.2) is 54.6 Å². The fourth-order valence-electron chi connectivity index (χ4n) is 4.77. The number of benzene rings is 2. The number of aldehydes is 1. The largest absolute Gasteiger partial charge is 0.379 e. The number of hydrogen-bond donors (Lipinski definition) is 2. The van der Waals surface area contributed by atoms with Gasteiger partial charge in [0.15, 0.2) is 0 Å². The summed E-state index contributed by atoms with van der Waals surface area (Å²) in [5, 5.41) is 5.90. The first kappa shape index (κ1) is 24.1. The number of hydrogen-bond acceptors (Lipinski definition) is 5. The molecular weight excluding hydrogens is 430 g/mol. The Morgan fingerprint density at radius 3 is 2.29 bits per heavy atom. The lowest BCUT2D eigenvalue weighted by Gasteiger charge is -2.37. The van der Waals surface area contributed by atoms with E-state index in [0.717, 1.165) is 69.5 Å². The van der Waals surface area contributed by atoms with Crippen molar-refractivity contribution in [2.24, 2.45) is 0 Å². The molecule has 0 spiro atoms. The van der Waals surface area contributed by atoms with Crippen LogP contribution in [0.4, 0.5) is 0 Å². The smallest absolute Gasteiger partial charge is 0.252 e. The Labute approximate surface area is 200 Å². The van der Waals surface area contributed by atoms with Crippen molar-refractivity contribution in [2.45, 2.75) is 50.2 Å². The molecule has 2 N–H and O–H groups in total. The monoisotopic (exact) mass is 463 g/mol. The number of carbonyl (C=O) groups excluding carboxylic acids is 3. The van der Waals surface area contributed by atoms with Crippen LogP contribution in [0, 0.1) is 0 Å². The quantitative estimate of drug-likeness (QED) is 0.588. The number of rotatable bonds is 8. The lowest BCUT2D eigenvalue weighted by Crippen LogP contribution is -2.60. The highest BCUT2D eigenvalue weighted by molar-refractivity contribution is 5.99. The summed E-state index contributed by atoms with van der Waals surface area (Å²) in [7, 11) is 0. The van der Waals surface area contributed by atoms with Gasteiger partial charge in [-0.1, -0.05) is 61.7 Å². The molecule has 34 heavy (non-hydrogen) atoms. The van der Waals surface area contributed by atoms with Crippen LogP contribution in [-0.2, 0) is 20.9 Å². The molecule has 0 unspecified atom stereocenters. The maximum absolute atomic E-state index is 13.4. The van der Waals surface area contributed by atoms with E-state index in [0.29, 0.717) is 18.4 Å². The molecule has 1 saturated heterocycles. The van der Waals surface area contributed by atoms with E-state index in [1.807, 2.05) is 54.6 Å². The Balaban J connectivity index is 1.44. The molecule has 7 heteroatoms. The fraction of sp³-hybridized carbons (Fsp3) is 0.444. The second kappa shape index (κ2) is 11.4. The molecule has 1 aliphatic carbocycles. The molecule has 4 rings (SSSR count). The standard InChI is InChI=1S/C27H33N3O4/c31-20-24(22-7-3-1-4-8-22)28-26(33)27(13-5-2-6-14-27)29-25(32)23-11-9-21(10-12-23)19-30-15-17-34-18-16-30/h1,3-4,7-12,20,24H,2,5-6,13-19H2,(H,28,33)(H,29,32)/t24-/m1/s1. The van der Waals surface area contributed by atoms with Gasteiger partial charge in [0.25, 0.3) is 5.91 Å². The van der Waals surface area contributed by atoms with Crippen molar-refractivity contribution in [3.8, 4) is 0 Å². The topological polar surface area (TPSA) is 87.7 Å². The molecule has 2 aromatic carbocycles. The molecule has 1 saturated carbocycles. The van der Waals surface area contributed by atoms with Crippen molar-refractivity contribution >= 4 is 18.1 Å². The van der Waals surface area contributed by atoms with Gasteiger partial charge in [-0.2, -0.15) is 0 Å². The number of amides is 2. The molecule has 0 aromatic heterocycles. The summed E-state index contributed by atoms with van der Waals surface area (Å²) in [5.74, 6) is -0.567. The molecule has 7 nitrogen and oxygen atoms in total. The number of nitrogens with one attached hydrogen (secondary N) is 2. The third-order valence-corrected chi connectivity index (χ3v) is 6.80. The minimum atomic E-state index is -1.02. The zero-order valence-corrected chi connectivity index (χ0v) is 19.5. The van der Waals surface area contributed by atoms with Gasteiger partial charge in [0, 0.05) is 25.2 Å². The van der Waals surface area contributed by atoms with Gasteiger partial charge in [-0.25, -0.2) is 0 Å². The molecule has 2 amide bonds. The van der Waals surface area contributed by atoms with Crippen LogP contribution < -0.4 is 10.6 Å². The van der Waals surface area contributed by atoms with Crippen LogP contribution in [0.25, 0.3) is 0 Å². The van der Waals surface area contributed by atoms with E-state index in [1.165, 1.54) is 0 Å². The van der Waals surface area contributed by atoms with Gasteiger partial charge in [-0.3, -0.25) is 14.5 Å². The van der Waals surface area contributed by atoms with Crippen molar-refractivity contribution in [1.82, 2.24) is 15.5 Å². The van der Waals surface area contributed by atoms with Gasteiger partial charge in [0.2, 0.25) is 5.91 Å². The average molecular weight is 464 g/mol. The Hall–Kier alpha value is -3.03. The summed E-state index contributed by atoms with van der Waals surface area (Å²) in [6, 6.07) is 16.0. The molecule has 2 fully saturated rings. The van der Waals surface area contributed by atoms with Crippen LogP contribution in [0.3, 0.4) is 0 Å². The SMILES string of the molecule is O=C[C@@H](NC(=O)C1(NC(=O)c2ccc(CN3CCOCC3)cc2)CCCCC1)c1ccccc1. The first-order valence-electron chi connectivity index (χ1n) is 12.1. The predicted molar refractivity (Wildman–Crippen MR) is 129 cm³/mol. The molecular formula is C27H33N3O4. The van der Waals surface area contributed by atoms with Crippen LogP contribution >= 0.6 is 0 Å². The summed E-state index contributed by atoms with van der Waals surface area (Å²) in [5.41, 5.74) is 1.37. The van der Waals surface area contributed by atoms with E-state index in [9.17, 15) is 14.4 Å². The number of nitrogens with zero attached hydrogens (tertiary/aromatic N) is 1. The lowest BCUT2D eigenvalue weighted by atomic mass is 9.80. The number of ether oxygens (including phenoxy) is 1. The number of morpholine rings is 1. The highest BCUT2D eigenvalue weighted by Gasteiger charge is 2.41. The van der Waals surface area contributed by atoms with Crippen molar-refractivity contribution in [3.05, 3.63) is 71.3 Å². The lowest BCUT2D eigenvalue weighted by molar-refractivity contribution is -0.131. The predicted octanol–water partition coefficient (Wildman–Crippen LogP) is 3.01. The molecule has 0 radical (unpaired) electrons. The first-order chi connectivity index (χ1) is 16.6. The van der Waals surface area contributed by atoms with E-state index in [1.54, 1.807) is 0 Å². The van der Waals surface area contributed by atoms with E-state index < -0.39 is 11.6 Å². The van der Waals surface area contributed by atoms with Gasteiger partial charge < -0.3 is 20.2 Å². The Bertz CT molecular complexity index is 965. The summed E-state index contributed by atoms with van der Waals surface area (Å²) >= 11 is 0. The van der Waals surface area contributed by atoms with Crippen molar-refractivity contribution in [1.29, 1.82) is 0 Å². The molecule has 2 aliphatic rings. The molecule has 180 valence electrons. The van der Waals surface area contributed by atoms with Crippen molar-refractivity contribution < 1.29 is 19.1 Å². The third kappa shape index (κ3) is 5.90. The van der Waals surface area contributed by atoms with Gasteiger partial charge in [0.05, 0.1) is 13.2 Å². The second-order valence-corrected chi connectivity index (χ2v) is 9.18. The highest BCUT2D eigenvalue weighted by atomic mass is 16.5. The van der Waals surface area contributed by atoms with Gasteiger partial charge >= 0.3 is 0 Å². The maximum atomic E-state index is 13.4. The highest BCUT2D eigenvalue weighted by Crippen LogP contribution is 2.30. The normalized spacial score (nSPS) is 19.1. The molecule has 1 heterocycles. The van der Waals surface area contributed by atoms with Gasteiger partial charge in [-0.05, 0) is 36.1 Å². The Morgan fingerprint density at radius 1 is 0.971 bits per heavy atom. The summed E-state index contributed by atoms with van der Waals surface area (Å²) in [4.78, 5) is 40.6. The van der Waals surface area contributed by atoms with Crippen molar-refractivity contribution in [2.75, 3.05) is 26.3 Å². The molecule has 1 aliphatic heterocycles. The summed E-state index contributed by atoms with van der Waals surface area (Å²) < 4.78 is 5.40. The minimum Gasteiger partial charge on any atom is -0.379 e. The summed E-state index contributed by atoms with van der Waals surface area (Å²) in [6.07, 6.45) is 4.57. The zero-order valence-electron chi connectivity index (χ0n) is 19.5. The molecule has 1 atom stereocenters.